The van der Waals surface area contributed by atoms with Crippen LogP contribution in [0, 0.1) is 0 Å². The van der Waals surface area contributed by atoms with E-state index in [4.69, 9.17) is 19.4 Å². The maximum Gasteiger partial charge on any atom is 0.164 e. The van der Waals surface area contributed by atoms with Crippen LogP contribution in [0.4, 0.5) is 0 Å². The summed E-state index contributed by atoms with van der Waals surface area (Å²) in [5.41, 5.74) is 6.75. The van der Waals surface area contributed by atoms with E-state index in [1.165, 1.54) is 10.8 Å². The molecule has 0 saturated heterocycles. The molecule has 11 aromatic rings. The smallest absolute Gasteiger partial charge is 0.164 e. The Morgan fingerprint density at radius 1 is 0.302 bits per heavy atom. The van der Waals surface area contributed by atoms with Crippen LogP contribution in [0.2, 0.25) is 0 Å². The molecule has 246 valence electrons. The number of fused-ring (bicyclic) bond motifs is 10. The van der Waals surface area contributed by atoms with Crippen molar-refractivity contribution in [1.82, 2.24) is 15.0 Å². The van der Waals surface area contributed by atoms with Gasteiger partial charge >= 0.3 is 0 Å². The number of nitrogens with zero attached hydrogens (tertiary/aromatic N) is 3. The summed E-state index contributed by atoms with van der Waals surface area (Å²) in [6.07, 6.45) is 0. The monoisotopic (exact) mass is 675 g/mol. The first-order chi connectivity index (χ1) is 26.2. The van der Waals surface area contributed by atoms with Crippen LogP contribution in [0.5, 0.6) is 0 Å². The third-order valence-corrected chi connectivity index (χ3v) is 10.5. The van der Waals surface area contributed by atoms with E-state index in [2.05, 4.69) is 170 Å². The lowest BCUT2D eigenvalue weighted by molar-refractivity contribution is 0.677. The summed E-state index contributed by atoms with van der Waals surface area (Å²) >= 11 is 0. The van der Waals surface area contributed by atoms with E-state index in [9.17, 15) is 0 Å². The number of benzene rings is 9. The van der Waals surface area contributed by atoms with Crippen molar-refractivity contribution in [1.29, 1.82) is 0 Å². The molecule has 0 amide bonds. The number of furan rings is 1. The van der Waals surface area contributed by atoms with Crippen LogP contribution in [-0.2, 0) is 0 Å². The first kappa shape index (κ1) is 29.5. The van der Waals surface area contributed by atoms with Gasteiger partial charge in [-0.3, -0.25) is 0 Å². The van der Waals surface area contributed by atoms with Gasteiger partial charge in [-0.05, 0) is 61.6 Å². The second kappa shape index (κ2) is 11.7. The zero-order valence-corrected chi connectivity index (χ0v) is 28.5. The van der Waals surface area contributed by atoms with E-state index >= 15 is 0 Å². The fourth-order valence-corrected chi connectivity index (χ4v) is 7.86. The van der Waals surface area contributed by atoms with Gasteiger partial charge < -0.3 is 4.42 Å². The van der Waals surface area contributed by atoms with Gasteiger partial charge in [0.05, 0.1) is 0 Å². The molecular weight excluding hydrogens is 647 g/mol. The van der Waals surface area contributed by atoms with Gasteiger partial charge in [0.2, 0.25) is 0 Å². The lowest BCUT2D eigenvalue weighted by Gasteiger charge is -2.12. The van der Waals surface area contributed by atoms with Crippen LogP contribution in [0.25, 0.3) is 110 Å². The summed E-state index contributed by atoms with van der Waals surface area (Å²) in [7, 11) is 0. The van der Waals surface area contributed by atoms with Crippen molar-refractivity contribution in [3.63, 3.8) is 0 Å². The van der Waals surface area contributed by atoms with Crippen molar-refractivity contribution in [3.05, 3.63) is 176 Å². The molecule has 0 aliphatic rings. The van der Waals surface area contributed by atoms with Crippen LogP contribution in [0.15, 0.2) is 180 Å². The Balaban J connectivity index is 1.22. The highest BCUT2D eigenvalue weighted by Crippen LogP contribution is 2.45. The van der Waals surface area contributed by atoms with Crippen molar-refractivity contribution in [2.45, 2.75) is 0 Å². The SMILES string of the molecule is c1ccc(-c2ccc(-c3nc(-c4ccc5ccccc5c4)nc(-c4cc5ccc6ccccc6c5c5oc6c7ccccc7ccc6c45)n3)cc2)cc1. The lowest BCUT2D eigenvalue weighted by Crippen LogP contribution is -2.01. The molecule has 4 nitrogen and oxygen atoms in total. The number of rotatable bonds is 4. The Labute approximate surface area is 304 Å². The molecule has 0 N–H and O–H groups in total. The Hall–Kier alpha value is -7.17. The third-order valence-electron chi connectivity index (χ3n) is 10.5. The summed E-state index contributed by atoms with van der Waals surface area (Å²) in [4.78, 5) is 15.7. The van der Waals surface area contributed by atoms with E-state index in [1.807, 2.05) is 6.07 Å². The van der Waals surface area contributed by atoms with Gasteiger partial charge in [-0.1, -0.05) is 158 Å². The fraction of sp³-hybridized carbons (Fsp3) is 0. The maximum atomic E-state index is 7.01. The number of hydrogen-bond donors (Lipinski definition) is 0. The minimum absolute atomic E-state index is 0.598. The Kier molecular flexibility index (Phi) is 6.52. The molecule has 53 heavy (non-hydrogen) atoms. The molecule has 0 aliphatic heterocycles. The molecule has 0 spiro atoms. The van der Waals surface area contributed by atoms with Crippen molar-refractivity contribution in [2.24, 2.45) is 0 Å². The molecule has 9 aromatic carbocycles. The van der Waals surface area contributed by atoms with Crippen molar-refractivity contribution < 1.29 is 4.42 Å². The summed E-state index contributed by atoms with van der Waals surface area (Å²) < 4.78 is 7.01. The molecule has 2 heterocycles. The van der Waals surface area contributed by atoms with Crippen molar-refractivity contribution in [3.8, 4) is 45.3 Å². The van der Waals surface area contributed by atoms with Crippen LogP contribution in [-0.4, -0.2) is 15.0 Å². The van der Waals surface area contributed by atoms with E-state index in [-0.39, 0.29) is 0 Å². The molecule has 4 heteroatoms. The first-order valence-electron chi connectivity index (χ1n) is 17.9. The third kappa shape index (κ3) is 4.80. The fourth-order valence-electron chi connectivity index (χ4n) is 7.86. The van der Waals surface area contributed by atoms with E-state index in [0.717, 1.165) is 82.1 Å². The van der Waals surface area contributed by atoms with Gasteiger partial charge in [-0.25, -0.2) is 15.0 Å². The summed E-state index contributed by atoms with van der Waals surface area (Å²) in [5.74, 6) is 1.83. The molecule has 0 aliphatic carbocycles. The zero-order chi connectivity index (χ0) is 34.9. The van der Waals surface area contributed by atoms with E-state index in [1.54, 1.807) is 0 Å². The highest BCUT2D eigenvalue weighted by Gasteiger charge is 2.22. The van der Waals surface area contributed by atoms with Crippen molar-refractivity contribution >= 4 is 65.0 Å². The molecule has 0 atom stereocenters. The van der Waals surface area contributed by atoms with Crippen LogP contribution >= 0.6 is 0 Å². The quantitative estimate of drug-likeness (QED) is 0.174. The summed E-state index contributed by atoms with van der Waals surface area (Å²) in [6.45, 7) is 0. The Morgan fingerprint density at radius 3 is 1.66 bits per heavy atom. The van der Waals surface area contributed by atoms with Gasteiger partial charge in [-0.15, -0.1) is 0 Å². The standard InChI is InChI=1S/C49H29N3O/c1-2-10-30(11-3-1)32-18-22-35(23-19-32)47-50-48(38-25-20-31-12-4-5-15-36(31)28-38)52-49(51-47)42-29-37-24-21-33-13-6-8-16-39(33)43(37)46-44(42)41-27-26-34-14-7-9-17-40(34)45(41)53-46/h1-29H. The first-order valence-corrected chi connectivity index (χ1v) is 17.9. The number of hydrogen-bond acceptors (Lipinski definition) is 4. The molecule has 0 bridgehead atoms. The molecule has 0 radical (unpaired) electrons. The number of aromatic nitrogens is 3. The summed E-state index contributed by atoms with van der Waals surface area (Å²) in [6, 6.07) is 61.5. The van der Waals surface area contributed by atoms with Crippen LogP contribution < -0.4 is 0 Å². The molecule has 0 saturated carbocycles. The molecular formula is C49H29N3O. The van der Waals surface area contributed by atoms with Gasteiger partial charge in [-0.2, -0.15) is 0 Å². The maximum absolute atomic E-state index is 7.01. The van der Waals surface area contributed by atoms with E-state index in [0.29, 0.717) is 17.5 Å². The average Bonchev–Trinajstić information content (AvgIpc) is 3.63. The molecule has 0 unspecified atom stereocenters. The van der Waals surface area contributed by atoms with E-state index < -0.39 is 0 Å². The topological polar surface area (TPSA) is 51.8 Å². The average molecular weight is 676 g/mol. The highest BCUT2D eigenvalue weighted by atomic mass is 16.3. The van der Waals surface area contributed by atoms with Gasteiger partial charge in [0.15, 0.2) is 17.5 Å². The predicted molar refractivity (Wildman–Crippen MR) is 219 cm³/mol. The van der Waals surface area contributed by atoms with Gasteiger partial charge in [0.1, 0.15) is 11.2 Å². The molecule has 0 fully saturated rings. The predicted octanol–water partition coefficient (Wildman–Crippen LogP) is 13.1. The minimum atomic E-state index is 0.598. The highest BCUT2D eigenvalue weighted by molar-refractivity contribution is 6.28. The zero-order valence-electron chi connectivity index (χ0n) is 28.5. The lowest BCUT2D eigenvalue weighted by atomic mass is 9.95. The van der Waals surface area contributed by atoms with Crippen molar-refractivity contribution in [2.75, 3.05) is 0 Å². The van der Waals surface area contributed by atoms with Gasteiger partial charge in [0, 0.05) is 38.2 Å². The van der Waals surface area contributed by atoms with Crippen LogP contribution in [0.1, 0.15) is 0 Å². The van der Waals surface area contributed by atoms with Gasteiger partial charge in [0.25, 0.3) is 0 Å². The normalized spacial score (nSPS) is 11.8. The minimum Gasteiger partial charge on any atom is -0.455 e. The molecule has 2 aromatic heterocycles. The molecule has 11 rings (SSSR count). The largest absolute Gasteiger partial charge is 0.455 e. The van der Waals surface area contributed by atoms with Crippen LogP contribution in [0.3, 0.4) is 0 Å². The summed E-state index contributed by atoms with van der Waals surface area (Å²) in [5, 5.41) is 11.0. The second-order valence-electron chi connectivity index (χ2n) is 13.6. The Morgan fingerprint density at radius 2 is 0.849 bits per heavy atom. The Bertz CT molecular complexity index is 3220. The second-order valence-corrected chi connectivity index (χ2v) is 13.6.